The first kappa shape index (κ1) is 23.8. The van der Waals surface area contributed by atoms with Crippen LogP contribution >= 0.6 is 0 Å². The molecule has 0 spiro atoms. The minimum Gasteiger partial charge on any atom is -0.348 e. The SMILES string of the molecule is CCCC1CCc2c(C(=O)NCc3cc(C(F)(F)F)cc(C(F)(F)F)c3)cccc2C1=O. The summed E-state index contributed by atoms with van der Waals surface area (Å²) >= 11 is 0. The number of ketones is 1. The smallest absolute Gasteiger partial charge is 0.348 e. The van der Waals surface area contributed by atoms with Gasteiger partial charge in [-0.15, -0.1) is 0 Å². The molecule has 1 N–H and O–H groups in total. The van der Waals surface area contributed by atoms with Crippen molar-refractivity contribution >= 4 is 11.7 Å². The Morgan fingerprint density at radius 3 is 2.22 bits per heavy atom. The third-order valence-electron chi connectivity index (χ3n) is 5.54. The standard InChI is InChI=1S/C23H21F6NO2/c1-2-4-14-7-8-17-18(20(14)31)5-3-6-19(17)21(32)30-12-13-9-15(22(24,25)26)11-16(10-13)23(27,28)29/h3,5-6,9-11,14H,2,4,7-8,12H2,1H3,(H,30,32). The number of amides is 1. The van der Waals surface area contributed by atoms with Crippen LogP contribution in [0.4, 0.5) is 26.3 Å². The molecule has 2 aromatic carbocycles. The van der Waals surface area contributed by atoms with E-state index in [-0.39, 0.29) is 28.9 Å². The van der Waals surface area contributed by atoms with E-state index in [2.05, 4.69) is 5.32 Å². The molecule has 1 atom stereocenters. The van der Waals surface area contributed by atoms with Crippen molar-refractivity contribution < 1.29 is 35.9 Å². The average molecular weight is 457 g/mol. The van der Waals surface area contributed by atoms with Gasteiger partial charge in [-0.3, -0.25) is 9.59 Å². The monoisotopic (exact) mass is 457 g/mol. The van der Waals surface area contributed by atoms with Crippen LogP contribution < -0.4 is 5.32 Å². The molecule has 1 unspecified atom stereocenters. The zero-order valence-corrected chi connectivity index (χ0v) is 17.2. The molecule has 0 radical (unpaired) electrons. The Kier molecular flexibility index (Phi) is 6.67. The number of carbonyl (C=O) groups excluding carboxylic acids is 2. The van der Waals surface area contributed by atoms with Gasteiger partial charge in [-0.1, -0.05) is 25.5 Å². The zero-order valence-electron chi connectivity index (χ0n) is 17.2. The van der Waals surface area contributed by atoms with Crippen LogP contribution in [0.2, 0.25) is 0 Å². The fourth-order valence-corrected chi connectivity index (χ4v) is 3.99. The van der Waals surface area contributed by atoms with Gasteiger partial charge in [0.2, 0.25) is 0 Å². The Balaban J connectivity index is 1.84. The Labute approximate surface area is 180 Å². The fourth-order valence-electron chi connectivity index (χ4n) is 3.99. The lowest BCUT2D eigenvalue weighted by Gasteiger charge is -2.24. The van der Waals surface area contributed by atoms with Crippen LogP contribution in [0, 0.1) is 5.92 Å². The lowest BCUT2D eigenvalue weighted by atomic mass is 9.79. The number of fused-ring (bicyclic) bond motifs is 1. The highest BCUT2D eigenvalue weighted by Crippen LogP contribution is 2.36. The Morgan fingerprint density at radius 1 is 1.03 bits per heavy atom. The molecule has 0 heterocycles. The molecular weight excluding hydrogens is 436 g/mol. The maximum atomic E-state index is 13.0. The van der Waals surface area contributed by atoms with Crippen LogP contribution in [0.25, 0.3) is 0 Å². The number of hydrogen-bond donors (Lipinski definition) is 1. The molecule has 1 amide bonds. The van der Waals surface area contributed by atoms with Crippen LogP contribution in [-0.2, 0) is 25.3 Å². The van der Waals surface area contributed by atoms with E-state index < -0.39 is 35.9 Å². The van der Waals surface area contributed by atoms with Crippen molar-refractivity contribution in [3.8, 4) is 0 Å². The number of carbonyl (C=O) groups is 2. The van der Waals surface area contributed by atoms with Gasteiger partial charge in [0.05, 0.1) is 11.1 Å². The van der Waals surface area contributed by atoms with Gasteiger partial charge in [0, 0.05) is 23.6 Å². The number of hydrogen-bond acceptors (Lipinski definition) is 2. The molecule has 3 rings (SSSR count). The second-order valence-corrected chi connectivity index (χ2v) is 7.82. The van der Waals surface area contributed by atoms with Gasteiger partial charge in [0.1, 0.15) is 0 Å². The highest BCUT2D eigenvalue weighted by Gasteiger charge is 2.37. The van der Waals surface area contributed by atoms with Crippen molar-refractivity contribution in [2.45, 2.75) is 51.5 Å². The third-order valence-corrected chi connectivity index (χ3v) is 5.54. The summed E-state index contributed by atoms with van der Waals surface area (Å²) in [5.41, 5.74) is -2.01. The maximum Gasteiger partial charge on any atom is 0.416 e. The van der Waals surface area contributed by atoms with Crippen molar-refractivity contribution in [2.75, 3.05) is 0 Å². The molecule has 0 saturated heterocycles. The van der Waals surface area contributed by atoms with Crippen LogP contribution in [0.3, 0.4) is 0 Å². The normalized spacial score (nSPS) is 16.6. The van der Waals surface area contributed by atoms with Crippen molar-refractivity contribution in [2.24, 2.45) is 5.92 Å². The first-order valence-corrected chi connectivity index (χ1v) is 10.1. The summed E-state index contributed by atoms with van der Waals surface area (Å²) in [5, 5.41) is 2.39. The summed E-state index contributed by atoms with van der Waals surface area (Å²) < 4.78 is 78.1. The number of rotatable bonds is 5. The van der Waals surface area contributed by atoms with E-state index in [0.29, 0.717) is 36.1 Å². The largest absolute Gasteiger partial charge is 0.416 e. The summed E-state index contributed by atoms with van der Waals surface area (Å²) in [6.45, 7) is 1.45. The molecule has 3 nitrogen and oxygen atoms in total. The Bertz CT molecular complexity index is 994. The number of Topliss-reactive ketones (excluding diaryl/α,β-unsaturated/α-hetero) is 1. The van der Waals surface area contributed by atoms with Crippen molar-refractivity contribution in [1.29, 1.82) is 0 Å². The van der Waals surface area contributed by atoms with Gasteiger partial charge >= 0.3 is 12.4 Å². The van der Waals surface area contributed by atoms with E-state index >= 15 is 0 Å². The first-order valence-electron chi connectivity index (χ1n) is 10.1. The summed E-state index contributed by atoms with van der Waals surface area (Å²) in [6.07, 6.45) is -7.25. The maximum absolute atomic E-state index is 13.0. The van der Waals surface area contributed by atoms with Crippen LogP contribution in [-0.4, -0.2) is 11.7 Å². The molecule has 0 aromatic heterocycles. The first-order chi connectivity index (χ1) is 14.9. The number of nitrogens with one attached hydrogen (secondary N) is 1. The van der Waals surface area contributed by atoms with Crippen LogP contribution in [0.1, 0.15) is 69.2 Å². The van der Waals surface area contributed by atoms with Crippen LogP contribution in [0.15, 0.2) is 36.4 Å². The molecule has 2 aromatic rings. The molecule has 0 fully saturated rings. The molecule has 32 heavy (non-hydrogen) atoms. The summed E-state index contributed by atoms with van der Waals surface area (Å²) in [4.78, 5) is 25.4. The van der Waals surface area contributed by atoms with E-state index in [9.17, 15) is 35.9 Å². The molecule has 9 heteroatoms. The van der Waals surface area contributed by atoms with Gasteiger partial charge < -0.3 is 5.32 Å². The van der Waals surface area contributed by atoms with Crippen molar-refractivity contribution in [3.63, 3.8) is 0 Å². The minimum absolute atomic E-state index is 0.0389. The van der Waals surface area contributed by atoms with Gasteiger partial charge in [-0.05, 0) is 54.7 Å². The molecule has 172 valence electrons. The zero-order chi connectivity index (χ0) is 23.7. The Hall–Kier alpha value is -2.84. The minimum atomic E-state index is -4.96. The summed E-state index contributed by atoms with van der Waals surface area (Å²) in [5.74, 6) is -0.818. The predicted octanol–water partition coefficient (Wildman–Crippen LogP) is 6.20. The van der Waals surface area contributed by atoms with E-state index in [1.54, 1.807) is 12.1 Å². The number of halogens is 6. The van der Waals surface area contributed by atoms with Crippen LogP contribution in [0.5, 0.6) is 0 Å². The van der Waals surface area contributed by atoms with E-state index in [0.717, 1.165) is 12.8 Å². The van der Waals surface area contributed by atoms with Gasteiger partial charge in [-0.2, -0.15) is 26.3 Å². The average Bonchev–Trinajstić information content (AvgIpc) is 2.72. The molecule has 1 aliphatic rings. The van der Waals surface area contributed by atoms with E-state index in [1.165, 1.54) is 6.07 Å². The quantitative estimate of drug-likeness (QED) is 0.544. The highest BCUT2D eigenvalue weighted by molar-refractivity contribution is 6.04. The van der Waals surface area contributed by atoms with Gasteiger partial charge in [0.15, 0.2) is 5.78 Å². The number of alkyl halides is 6. The third kappa shape index (κ3) is 5.14. The molecular formula is C23H21F6NO2. The molecule has 1 aliphatic carbocycles. The highest BCUT2D eigenvalue weighted by atomic mass is 19.4. The second-order valence-electron chi connectivity index (χ2n) is 7.82. The van der Waals surface area contributed by atoms with E-state index in [1.807, 2.05) is 6.92 Å². The molecule has 0 aliphatic heterocycles. The summed E-state index contributed by atoms with van der Waals surface area (Å²) in [6, 6.07) is 5.88. The fraction of sp³-hybridized carbons (Fsp3) is 0.391. The topological polar surface area (TPSA) is 46.2 Å². The van der Waals surface area contributed by atoms with Gasteiger partial charge in [-0.25, -0.2) is 0 Å². The lowest BCUT2D eigenvalue weighted by molar-refractivity contribution is -0.143. The Morgan fingerprint density at radius 2 is 1.66 bits per heavy atom. The second kappa shape index (κ2) is 8.96. The molecule has 0 bridgehead atoms. The van der Waals surface area contributed by atoms with Crippen molar-refractivity contribution in [1.82, 2.24) is 5.32 Å². The number of benzene rings is 2. The van der Waals surface area contributed by atoms with Gasteiger partial charge in [0.25, 0.3) is 5.91 Å². The lowest BCUT2D eigenvalue weighted by Crippen LogP contribution is -2.28. The molecule has 0 saturated carbocycles. The van der Waals surface area contributed by atoms with Crippen molar-refractivity contribution in [3.05, 3.63) is 69.8 Å². The van der Waals surface area contributed by atoms with E-state index in [4.69, 9.17) is 0 Å². The summed E-state index contributed by atoms with van der Waals surface area (Å²) in [7, 11) is 0. The predicted molar refractivity (Wildman–Crippen MR) is 105 cm³/mol.